The van der Waals surface area contributed by atoms with E-state index < -0.39 is 10.0 Å². The molecule has 0 saturated heterocycles. The first-order valence-corrected chi connectivity index (χ1v) is 8.80. The second kappa shape index (κ2) is 8.19. The summed E-state index contributed by atoms with van der Waals surface area (Å²) in [5.74, 6) is 0.0774. The SMILES string of the molecule is CCCNC1CCC(N(C)S(=O)(=O)CCOC)CC1. The van der Waals surface area contributed by atoms with Crippen LogP contribution in [0.1, 0.15) is 39.0 Å². The summed E-state index contributed by atoms with van der Waals surface area (Å²) >= 11 is 0. The quantitative estimate of drug-likeness (QED) is 0.730. The van der Waals surface area contributed by atoms with Gasteiger partial charge in [0.2, 0.25) is 10.0 Å². The summed E-state index contributed by atoms with van der Waals surface area (Å²) in [6, 6.07) is 0.716. The topological polar surface area (TPSA) is 58.6 Å². The van der Waals surface area contributed by atoms with E-state index in [1.54, 1.807) is 11.4 Å². The van der Waals surface area contributed by atoms with E-state index in [9.17, 15) is 8.42 Å². The van der Waals surface area contributed by atoms with Crippen LogP contribution in [0.3, 0.4) is 0 Å². The fraction of sp³-hybridized carbons (Fsp3) is 1.00. The van der Waals surface area contributed by atoms with Crippen LogP contribution in [0.4, 0.5) is 0 Å². The van der Waals surface area contributed by atoms with Crippen LogP contribution < -0.4 is 5.32 Å². The molecule has 19 heavy (non-hydrogen) atoms. The highest BCUT2D eigenvalue weighted by atomic mass is 32.2. The molecule has 0 radical (unpaired) electrons. The van der Waals surface area contributed by atoms with Gasteiger partial charge < -0.3 is 10.1 Å². The highest BCUT2D eigenvalue weighted by Gasteiger charge is 2.29. The molecule has 1 aliphatic rings. The Kier molecular flexibility index (Phi) is 7.28. The number of ether oxygens (including phenoxy) is 1. The average molecular weight is 292 g/mol. The standard InChI is InChI=1S/C13H28N2O3S/c1-4-9-14-12-5-7-13(8-6-12)15(2)19(16,17)11-10-18-3/h12-14H,4-11H2,1-3H3. The Labute approximate surface area is 117 Å². The van der Waals surface area contributed by atoms with E-state index in [2.05, 4.69) is 12.2 Å². The van der Waals surface area contributed by atoms with Gasteiger partial charge in [0, 0.05) is 26.2 Å². The van der Waals surface area contributed by atoms with Crippen LogP contribution in [0.5, 0.6) is 0 Å². The maximum Gasteiger partial charge on any atom is 0.216 e. The minimum absolute atomic E-state index is 0.0774. The lowest BCUT2D eigenvalue weighted by atomic mass is 9.91. The summed E-state index contributed by atoms with van der Waals surface area (Å²) in [6.45, 7) is 3.48. The summed E-state index contributed by atoms with van der Waals surface area (Å²) in [5, 5.41) is 3.52. The molecule has 0 aromatic rings. The van der Waals surface area contributed by atoms with E-state index >= 15 is 0 Å². The van der Waals surface area contributed by atoms with Crippen molar-refractivity contribution in [2.45, 2.75) is 51.1 Å². The molecule has 0 aliphatic heterocycles. The van der Waals surface area contributed by atoms with Gasteiger partial charge in [0.15, 0.2) is 0 Å². The Balaban J connectivity index is 2.41. The van der Waals surface area contributed by atoms with Crippen LogP contribution in [-0.4, -0.2) is 57.9 Å². The van der Waals surface area contributed by atoms with Gasteiger partial charge in [-0.2, -0.15) is 0 Å². The van der Waals surface area contributed by atoms with E-state index in [0.717, 1.165) is 38.6 Å². The smallest absolute Gasteiger partial charge is 0.216 e. The van der Waals surface area contributed by atoms with Crippen LogP contribution >= 0.6 is 0 Å². The number of sulfonamides is 1. The molecule has 0 atom stereocenters. The van der Waals surface area contributed by atoms with Crippen molar-refractivity contribution in [1.29, 1.82) is 0 Å². The molecule has 1 rings (SSSR count). The predicted octanol–water partition coefficient (Wildman–Crippen LogP) is 1.21. The summed E-state index contributed by atoms with van der Waals surface area (Å²) in [7, 11) is 0.0632. The second-order valence-electron chi connectivity index (χ2n) is 5.28. The van der Waals surface area contributed by atoms with E-state index in [0.29, 0.717) is 6.04 Å². The molecular formula is C13H28N2O3S. The first kappa shape index (κ1) is 16.9. The van der Waals surface area contributed by atoms with Gasteiger partial charge in [0.1, 0.15) is 0 Å². The van der Waals surface area contributed by atoms with Crippen LogP contribution in [0.2, 0.25) is 0 Å². The Bertz CT molecular complexity index is 338. The highest BCUT2D eigenvalue weighted by Crippen LogP contribution is 2.24. The van der Waals surface area contributed by atoms with Crippen molar-refractivity contribution in [2.75, 3.05) is 33.1 Å². The van der Waals surface area contributed by atoms with Gasteiger partial charge in [-0.3, -0.25) is 0 Å². The Morgan fingerprint density at radius 1 is 1.26 bits per heavy atom. The minimum atomic E-state index is -3.17. The third-order valence-electron chi connectivity index (χ3n) is 3.88. The molecule has 0 aromatic heterocycles. The Morgan fingerprint density at radius 2 is 1.89 bits per heavy atom. The molecule has 5 nitrogen and oxygen atoms in total. The lowest BCUT2D eigenvalue weighted by molar-refractivity contribution is 0.212. The van der Waals surface area contributed by atoms with E-state index in [1.807, 2.05) is 0 Å². The van der Waals surface area contributed by atoms with Crippen molar-refractivity contribution in [3.63, 3.8) is 0 Å². The highest BCUT2D eigenvalue weighted by molar-refractivity contribution is 7.89. The van der Waals surface area contributed by atoms with Crippen LogP contribution in [-0.2, 0) is 14.8 Å². The van der Waals surface area contributed by atoms with Gasteiger partial charge >= 0.3 is 0 Å². The number of hydrogen-bond acceptors (Lipinski definition) is 4. The molecule has 1 saturated carbocycles. The Hall–Kier alpha value is -0.170. The zero-order chi connectivity index (χ0) is 14.3. The zero-order valence-corrected chi connectivity index (χ0v) is 13.2. The van der Waals surface area contributed by atoms with Gasteiger partial charge in [-0.25, -0.2) is 12.7 Å². The van der Waals surface area contributed by atoms with Gasteiger partial charge in [-0.1, -0.05) is 6.92 Å². The monoisotopic (exact) mass is 292 g/mol. The summed E-state index contributed by atoms with van der Waals surface area (Å²) in [4.78, 5) is 0. The van der Waals surface area contributed by atoms with Crippen molar-refractivity contribution in [1.82, 2.24) is 9.62 Å². The molecule has 6 heteroatoms. The maximum absolute atomic E-state index is 12.1. The molecular weight excluding hydrogens is 264 g/mol. The lowest BCUT2D eigenvalue weighted by Gasteiger charge is -2.34. The second-order valence-corrected chi connectivity index (χ2v) is 7.43. The number of nitrogens with one attached hydrogen (secondary N) is 1. The van der Waals surface area contributed by atoms with Crippen molar-refractivity contribution in [3.8, 4) is 0 Å². The van der Waals surface area contributed by atoms with Crippen molar-refractivity contribution >= 4 is 10.0 Å². The van der Waals surface area contributed by atoms with E-state index in [1.165, 1.54) is 7.11 Å². The van der Waals surface area contributed by atoms with Gasteiger partial charge in [0.25, 0.3) is 0 Å². The normalized spacial score (nSPS) is 24.8. The number of methoxy groups -OCH3 is 1. The van der Waals surface area contributed by atoms with Crippen LogP contribution in [0.25, 0.3) is 0 Å². The van der Waals surface area contributed by atoms with Crippen LogP contribution in [0.15, 0.2) is 0 Å². The summed E-state index contributed by atoms with van der Waals surface area (Å²) < 4.78 is 30.6. The van der Waals surface area contributed by atoms with Crippen molar-refractivity contribution < 1.29 is 13.2 Å². The van der Waals surface area contributed by atoms with Gasteiger partial charge in [-0.05, 0) is 38.6 Å². The third-order valence-corrected chi connectivity index (χ3v) is 5.74. The first-order valence-electron chi connectivity index (χ1n) is 7.19. The number of hydrogen-bond donors (Lipinski definition) is 1. The largest absolute Gasteiger partial charge is 0.384 e. The van der Waals surface area contributed by atoms with Gasteiger partial charge in [-0.15, -0.1) is 0 Å². The Morgan fingerprint density at radius 3 is 2.42 bits per heavy atom. The van der Waals surface area contributed by atoms with Crippen LogP contribution in [0, 0.1) is 0 Å². The number of nitrogens with zero attached hydrogens (tertiary/aromatic N) is 1. The molecule has 0 heterocycles. The molecule has 114 valence electrons. The maximum atomic E-state index is 12.1. The molecule has 0 amide bonds. The molecule has 1 aliphatic carbocycles. The summed E-state index contributed by atoms with van der Waals surface area (Å²) in [6.07, 6.45) is 5.17. The van der Waals surface area contributed by atoms with Crippen molar-refractivity contribution in [3.05, 3.63) is 0 Å². The molecule has 1 N–H and O–H groups in total. The molecule has 1 fully saturated rings. The van der Waals surface area contributed by atoms with E-state index in [4.69, 9.17) is 4.74 Å². The minimum Gasteiger partial charge on any atom is -0.384 e. The third kappa shape index (κ3) is 5.38. The first-order chi connectivity index (χ1) is 9.01. The fourth-order valence-electron chi connectivity index (χ4n) is 2.55. The zero-order valence-electron chi connectivity index (χ0n) is 12.4. The van der Waals surface area contributed by atoms with E-state index in [-0.39, 0.29) is 18.4 Å². The summed E-state index contributed by atoms with van der Waals surface area (Å²) in [5.41, 5.74) is 0. The fourth-order valence-corrected chi connectivity index (χ4v) is 3.88. The molecule has 0 bridgehead atoms. The molecule has 0 spiro atoms. The van der Waals surface area contributed by atoms with Crippen molar-refractivity contribution in [2.24, 2.45) is 0 Å². The van der Waals surface area contributed by atoms with Gasteiger partial charge in [0.05, 0.1) is 12.4 Å². The molecule has 0 aromatic carbocycles. The molecule has 0 unspecified atom stereocenters. The predicted molar refractivity (Wildman–Crippen MR) is 77.8 cm³/mol. The number of rotatable bonds is 8. The average Bonchev–Trinajstić information content (AvgIpc) is 2.42. The lowest BCUT2D eigenvalue weighted by Crippen LogP contribution is -2.44.